The minimum absolute atomic E-state index is 0.543. The zero-order valence-electron chi connectivity index (χ0n) is 16.5. The molecular formula is C21H27ClN6. The second kappa shape index (κ2) is 8.37. The third-order valence-corrected chi connectivity index (χ3v) is 5.95. The van der Waals surface area contributed by atoms with Crippen LogP contribution in [0.3, 0.4) is 0 Å². The molecule has 2 aromatic heterocycles. The molecule has 0 bridgehead atoms. The van der Waals surface area contributed by atoms with Crippen molar-refractivity contribution in [2.24, 2.45) is 0 Å². The van der Waals surface area contributed by atoms with Crippen LogP contribution in [0.4, 0.5) is 17.1 Å². The maximum Gasteiger partial charge on any atom is 0.180 e. The number of rotatable bonds is 6. The summed E-state index contributed by atoms with van der Waals surface area (Å²) >= 11 is 6.15. The molecule has 0 radical (unpaired) electrons. The first-order valence-corrected chi connectivity index (χ1v) is 10.4. The highest BCUT2D eigenvalue weighted by atomic mass is 35.5. The van der Waals surface area contributed by atoms with Crippen LogP contribution in [0.1, 0.15) is 26.7 Å². The number of benzene rings is 1. The molecule has 1 aromatic carbocycles. The van der Waals surface area contributed by atoms with Crippen molar-refractivity contribution in [2.75, 3.05) is 36.4 Å². The van der Waals surface area contributed by atoms with Gasteiger partial charge < -0.3 is 10.2 Å². The molecule has 0 unspecified atom stereocenters. The molecule has 6 nitrogen and oxygen atoms in total. The van der Waals surface area contributed by atoms with Gasteiger partial charge in [-0.15, -0.1) is 0 Å². The van der Waals surface area contributed by atoms with Gasteiger partial charge in [0.2, 0.25) is 0 Å². The third-order valence-electron chi connectivity index (χ3n) is 5.66. The summed E-state index contributed by atoms with van der Waals surface area (Å²) < 4.78 is 1.62. The van der Waals surface area contributed by atoms with E-state index >= 15 is 0 Å². The number of aromatic nitrogens is 3. The van der Waals surface area contributed by atoms with Gasteiger partial charge >= 0.3 is 0 Å². The van der Waals surface area contributed by atoms with Crippen molar-refractivity contribution in [3.8, 4) is 0 Å². The van der Waals surface area contributed by atoms with Crippen molar-refractivity contribution in [3.05, 3.63) is 47.9 Å². The lowest BCUT2D eigenvalue weighted by molar-refractivity contribution is 0.175. The van der Waals surface area contributed by atoms with E-state index in [2.05, 4.69) is 63.3 Å². The van der Waals surface area contributed by atoms with Gasteiger partial charge in [0, 0.05) is 43.6 Å². The first-order chi connectivity index (χ1) is 13.7. The highest BCUT2D eigenvalue weighted by Gasteiger charge is 2.21. The molecule has 1 fully saturated rings. The molecule has 148 valence electrons. The summed E-state index contributed by atoms with van der Waals surface area (Å²) in [6.07, 6.45) is 3.98. The van der Waals surface area contributed by atoms with Crippen LogP contribution < -0.4 is 10.2 Å². The Kier molecular flexibility index (Phi) is 5.69. The van der Waals surface area contributed by atoms with Gasteiger partial charge in [0.1, 0.15) is 11.5 Å². The number of fused-ring (bicyclic) bond motifs is 1. The summed E-state index contributed by atoms with van der Waals surface area (Å²) in [6.45, 7) is 9.03. The Bertz CT molecular complexity index is 910. The maximum absolute atomic E-state index is 6.15. The van der Waals surface area contributed by atoms with Crippen molar-refractivity contribution >= 4 is 34.3 Å². The Morgan fingerprint density at radius 2 is 1.71 bits per heavy atom. The van der Waals surface area contributed by atoms with Crippen LogP contribution in [-0.4, -0.2) is 51.7 Å². The van der Waals surface area contributed by atoms with E-state index in [1.165, 1.54) is 24.9 Å². The molecule has 0 spiro atoms. The van der Waals surface area contributed by atoms with Gasteiger partial charge in [0.05, 0.1) is 5.69 Å². The summed E-state index contributed by atoms with van der Waals surface area (Å²) in [7, 11) is 0. The molecule has 0 amide bonds. The van der Waals surface area contributed by atoms with Gasteiger partial charge in [-0.05, 0) is 49.2 Å². The average molecular weight is 399 g/mol. The number of anilines is 3. The highest BCUT2D eigenvalue weighted by Crippen LogP contribution is 2.26. The number of pyridine rings is 1. The fraction of sp³-hybridized carbons (Fsp3) is 0.429. The quantitative estimate of drug-likeness (QED) is 0.622. The molecule has 1 aliphatic rings. The molecule has 7 heteroatoms. The zero-order valence-corrected chi connectivity index (χ0v) is 17.2. The molecule has 0 aliphatic carbocycles. The van der Waals surface area contributed by atoms with Gasteiger partial charge in [0.15, 0.2) is 5.65 Å². The lowest BCUT2D eigenvalue weighted by Crippen LogP contribution is -2.50. The number of nitrogens with zero attached hydrogens (tertiary/aromatic N) is 5. The van der Waals surface area contributed by atoms with Crippen molar-refractivity contribution in [1.29, 1.82) is 0 Å². The first-order valence-electron chi connectivity index (χ1n) is 10.0. The summed E-state index contributed by atoms with van der Waals surface area (Å²) in [4.78, 5) is 9.40. The molecule has 28 heavy (non-hydrogen) atoms. The van der Waals surface area contributed by atoms with Crippen LogP contribution in [0.2, 0.25) is 5.15 Å². The van der Waals surface area contributed by atoms with Gasteiger partial charge in [-0.25, -0.2) is 9.50 Å². The van der Waals surface area contributed by atoms with Gasteiger partial charge in [-0.1, -0.05) is 25.4 Å². The van der Waals surface area contributed by atoms with Crippen molar-refractivity contribution in [1.82, 2.24) is 19.5 Å². The van der Waals surface area contributed by atoms with Crippen LogP contribution in [0.25, 0.3) is 5.65 Å². The number of nitrogens with one attached hydrogen (secondary N) is 1. The first kappa shape index (κ1) is 19.0. The Labute approximate surface area is 171 Å². The Morgan fingerprint density at radius 3 is 2.39 bits per heavy atom. The second-order valence-corrected chi connectivity index (χ2v) is 7.62. The summed E-state index contributed by atoms with van der Waals surface area (Å²) in [6, 6.07) is 13.1. The third kappa shape index (κ3) is 3.80. The lowest BCUT2D eigenvalue weighted by Gasteiger charge is -2.39. The Balaban J connectivity index is 1.42. The Morgan fingerprint density at radius 1 is 1.00 bits per heavy atom. The molecule has 1 saturated heterocycles. The number of piperazine rings is 1. The molecule has 1 N–H and O–H groups in total. The summed E-state index contributed by atoms with van der Waals surface area (Å²) in [5, 5.41) is 8.11. The van der Waals surface area contributed by atoms with Crippen LogP contribution in [0.15, 0.2) is 42.7 Å². The number of hydrogen-bond donors (Lipinski definition) is 1. The minimum atomic E-state index is 0.543. The Hall–Kier alpha value is -2.31. The SMILES string of the molecule is CCC(CC)N1CCN(c2ccc(Nc3ccc(Cl)n4ncnc34)cc2)CC1. The average Bonchev–Trinajstić information content (AvgIpc) is 3.23. The van der Waals surface area contributed by atoms with Crippen molar-refractivity contribution < 1.29 is 0 Å². The predicted molar refractivity (Wildman–Crippen MR) is 116 cm³/mol. The fourth-order valence-corrected chi connectivity index (χ4v) is 4.22. The van der Waals surface area contributed by atoms with Crippen LogP contribution >= 0.6 is 11.6 Å². The van der Waals surface area contributed by atoms with Crippen molar-refractivity contribution in [2.45, 2.75) is 32.7 Å². The van der Waals surface area contributed by atoms with E-state index in [1.54, 1.807) is 4.52 Å². The van der Waals surface area contributed by atoms with E-state index in [4.69, 9.17) is 11.6 Å². The van der Waals surface area contributed by atoms with Crippen LogP contribution in [0, 0.1) is 0 Å². The van der Waals surface area contributed by atoms with Gasteiger partial charge in [-0.3, -0.25) is 4.90 Å². The molecule has 3 heterocycles. The number of halogens is 1. The normalized spacial score (nSPS) is 15.5. The molecule has 0 atom stereocenters. The predicted octanol–water partition coefficient (Wildman–Crippen LogP) is 4.44. The maximum atomic E-state index is 6.15. The van der Waals surface area contributed by atoms with E-state index in [1.807, 2.05) is 12.1 Å². The molecule has 0 saturated carbocycles. The topological polar surface area (TPSA) is 48.7 Å². The smallest absolute Gasteiger partial charge is 0.180 e. The largest absolute Gasteiger partial charge is 0.369 e. The lowest BCUT2D eigenvalue weighted by atomic mass is 10.1. The van der Waals surface area contributed by atoms with Gasteiger partial charge in [0.25, 0.3) is 0 Å². The van der Waals surface area contributed by atoms with Crippen molar-refractivity contribution in [3.63, 3.8) is 0 Å². The molecular weight excluding hydrogens is 372 g/mol. The number of hydrogen-bond acceptors (Lipinski definition) is 5. The summed E-state index contributed by atoms with van der Waals surface area (Å²) in [5.41, 5.74) is 3.90. The minimum Gasteiger partial charge on any atom is -0.369 e. The van der Waals surface area contributed by atoms with E-state index in [0.29, 0.717) is 10.8 Å². The van der Waals surface area contributed by atoms with E-state index in [9.17, 15) is 0 Å². The van der Waals surface area contributed by atoms with E-state index < -0.39 is 0 Å². The molecule has 1 aliphatic heterocycles. The van der Waals surface area contributed by atoms with E-state index in [0.717, 1.165) is 43.6 Å². The fourth-order valence-electron chi connectivity index (χ4n) is 4.04. The standard InChI is InChI=1S/C21H27ClN6/c1-3-17(4-2)26-11-13-27(14-12-26)18-7-5-16(6-8-18)25-19-9-10-20(22)28-21(19)23-15-24-28/h5-10,15,17,25H,3-4,11-14H2,1-2H3. The zero-order chi connectivity index (χ0) is 19.5. The molecule has 4 rings (SSSR count). The summed E-state index contributed by atoms with van der Waals surface area (Å²) in [5.74, 6) is 0. The van der Waals surface area contributed by atoms with Crippen LogP contribution in [-0.2, 0) is 0 Å². The van der Waals surface area contributed by atoms with Gasteiger partial charge in [-0.2, -0.15) is 5.10 Å². The highest BCUT2D eigenvalue weighted by molar-refractivity contribution is 6.29. The van der Waals surface area contributed by atoms with Crippen LogP contribution in [0.5, 0.6) is 0 Å². The molecule has 3 aromatic rings. The second-order valence-electron chi connectivity index (χ2n) is 7.23. The monoisotopic (exact) mass is 398 g/mol. The van der Waals surface area contributed by atoms with E-state index in [-0.39, 0.29) is 0 Å².